The highest BCUT2D eigenvalue weighted by Crippen LogP contribution is 2.46. The van der Waals surface area contributed by atoms with Gasteiger partial charge in [-0.3, -0.25) is 0 Å². The van der Waals surface area contributed by atoms with Gasteiger partial charge in [-0.2, -0.15) is 0 Å². The van der Waals surface area contributed by atoms with Crippen LogP contribution in [0.2, 0.25) is 0 Å². The van der Waals surface area contributed by atoms with E-state index in [-0.39, 0.29) is 6.04 Å². The van der Waals surface area contributed by atoms with Gasteiger partial charge in [0, 0.05) is 0 Å². The minimum absolute atomic E-state index is 0.274. The zero-order valence-corrected chi connectivity index (χ0v) is 11.9. The minimum atomic E-state index is -3.43. The molecule has 0 radical (unpaired) electrons. The van der Waals surface area contributed by atoms with E-state index in [1.54, 1.807) is 11.4 Å². The van der Waals surface area contributed by atoms with Gasteiger partial charge in [-0.1, -0.05) is 0 Å². The number of rotatable bonds is 1. The summed E-state index contributed by atoms with van der Waals surface area (Å²) in [5.41, 5.74) is 0.643. The summed E-state index contributed by atoms with van der Waals surface area (Å²) >= 11 is 1.22. The third-order valence-electron chi connectivity index (χ3n) is 4.34. The SMILES string of the molecule is O=S1(=O)NC(=NC2CCC3CC2C3)Nc2ccsc21. The van der Waals surface area contributed by atoms with Crippen LogP contribution in [-0.4, -0.2) is 20.4 Å². The molecule has 1 aromatic rings. The number of anilines is 1. The third-order valence-corrected chi connectivity index (χ3v) is 7.16. The lowest BCUT2D eigenvalue weighted by Gasteiger charge is -2.45. The van der Waals surface area contributed by atoms with Gasteiger partial charge in [-0.15, -0.1) is 11.3 Å². The van der Waals surface area contributed by atoms with Gasteiger partial charge >= 0.3 is 0 Å². The van der Waals surface area contributed by atoms with Gasteiger partial charge in [0.15, 0.2) is 4.21 Å². The Balaban J connectivity index is 1.63. The van der Waals surface area contributed by atoms with Gasteiger partial charge in [0.05, 0.1) is 11.7 Å². The van der Waals surface area contributed by atoms with E-state index in [0.717, 1.165) is 12.3 Å². The van der Waals surface area contributed by atoms with Crippen LogP contribution >= 0.6 is 11.3 Å². The Hall–Kier alpha value is -1.08. The second-order valence-electron chi connectivity index (χ2n) is 5.57. The van der Waals surface area contributed by atoms with Gasteiger partial charge in [0.25, 0.3) is 10.0 Å². The molecule has 2 bridgehead atoms. The van der Waals surface area contributed by atoms with Crippen molar-refractivity contribution in [2.75, 3.05) is 5.32 Å². The molecule has 7 heteroatoms. The van der Waals surface area contributed by atoms with Gasteiger partial charge in [0.1, 0.15) is 0 Å². The number of hydrogen-bond acceptors (Lipinski definition) is 4. The number of guanidine groups is 1. The molecule has 0 spiro atoms. The maximum Gasteiger partial charge on any atom is 0.275 e. The number of nitrogens with one attached hydrogen (secondary N) is 2. The highest BCUT2D eigenvalue weighted by Gasteiger charge is 2.40. The average Bonchev–Trinajstić information content (AvgIpc) is 2.76. The Labute approximate surface area is 116 Å². The normalized spacial score (nSPS) is 36.8. The van der Waals surface area contributed by atoms with Gasteiger partial charge in [-0.25, -0.2) is 18.1 Å². The molecule has 1 aromatic heterocycles. The van der Waals surface area contributed by atoms with Crippen molar-refractivity contribution in [2.24, 2.45) is 16.8 Å². The number of hydrogen-bond donors (Lipinski definition) is 2. The van der Waals surface area contributed by atoms with E-state index in [9.17, 15) is 8.42 Å². The van der Waals surface area contributed by atoms with Crippen LogP contribution in [0.4, 0.5) is 5.69 Å². The lowest BCUT2D eigenvalue weighted by Crippen LogP contribution is -2.44. The average molecular weight is 297 g/mol. The Morgan fingerprint density at radius 1 is 1.32 bits per heavy atom. The second kappa shape index (κ2) is 3.96. The molecule has 0 aromatic carbocycles. The monoisotopic (exact) mass is 297 g/mol. The van der Waals surface area contributed by atoms with Crippen LogP contribution in [0.1, 0.15) is 25.7 Å². The Kier molecular flexibility index (Phi) is 2.44. The van der Waals surface area contributed by atoms with Crippen LogP contribution in [0, 0.1) is 11.8 Å². The molecule has 5 rings (SSSR count). The van der Waals surface area contributed by atoms with Crippen molar-refractivity contribution in [3.63, 3.8) is 0 Å². The second-order valence-corrected chi connectivity index (χ2v) is 8.37. The fraction of sp³-hybridized carbons (Fsp3) is 0.583. The topological polar surface area (TPSA) is 70.6 Å². The number of fused-ring (bicyclic) bond motifs is 3. The van der Waals surface area contributed by atoms with Crippen LogP contribution < -0.4 is 10.0 Å². The van der Waals surface area contributed by atoms with E-state index in [2.05, 4.69) is 15.0 Å². The van der Waals surface area contributed by atoms with E-state index in [0.29, 0.717) is 21.8 Å². The lowest BCUT2D eigenvalue weighted by atomic mass is 9.63. The Morgan fingerprint density at radius 3 is 2.89 bits per heavy atom. The smallest absolute Gasteiger partial charge is 0.275 e. The molecule has 3 fully saturated rings. The van der Waals surface area contributed by atoms with Crippen molar-refractivity contribution < 1.29 is 8.42 Å². The molecule has 3 aliphatic carbocycles. The third kappa shape index (κ3) is 1.87. The summed E-state index contributed by atoms with van der Waals surface area (Å²) in [6, 6.07) is 2.06. The highest BCUT2D eigenvalue weighted by atomic mass is 32.2. The number of aliphatic imine (C=N–C) groups is 1. The molecule has 102 valence electrons. The molecule has 5 nitrogen and oxygen atoms in total. The Morgan fingerprint density at radius 2 is 2.16 bits per heavy atom. The molecule has 3 saturated carbocycles. The minimum Gasteiger partial charge on any atom is -0.324 e. The van der Waals surface area contributed by atoms with Crippen molar-refractivity contribution in [3.05, 3.63) is 11.4 Å². The van der Waals surface area contributed by atoms with Crippen LogP contribution in [0.15, 0.2) is 20.6 Å². The zero-order chi connectivity index (χ0) is 13.0. The first-order chi connectivity index (χ1) is 9.12. The van der Waals surface area contributed by atoms with Crippen LogP contribution in [-0.2, 0) is 10.0 Å². The molecule has 1 unspecified atom stereocenters. The first-order valence-corrected chi connectivity index (χ1v) is 8.93. The summed E-state index contributed by atoms with van der Waals surface area (Å²) in [6.07, 6.45) is 4.84. The van der Waals surface area contributed by atoms with Crippen LogP contribution in [0.3, 0.4) is 0 Å². The molecule has 4 aliphatic rings. The lowest BCUT2D eigenvalue weighted by molar-refractivity contribution is 0.0927. The molecule has 0 saturated heterocycles. The first-order valence-electron chi connectivity index (χ1n) is 6.57. The summed E-state index contributed by atoms with van der Waals surface area (Å²) in [5, 5.41) is 4.86. The molecule has 0 amide bonds. The summed E-state index contributed by atoms with van der Waals surface area (Å²) in [6.45, 7) is 0. The molecular weight excluding hydrogens is 282 g/mol. The van der Waals surface area contributed by atoms with Crippen molar-refractivity contribution in [2.45, 2.75) is 35.9 Å². The quantitative estimate of drug-likeness (QED) is 0.833. The molecule has 1 atom stereocenters. The predicted octanol–water partition coefficient (Wildman–Crippen LogP) is 2.00. The zero-order valence-electron chi connectivity index (χ0n) is 10.3. The summed E-state index contributed by atoms with van der Waals surface area (Å²) in [5.74, 6) is 1.95. The van der Waals surface area contributed by atoms with Crippen LogP contribution in [0.5, 0.6) is 0 Å². The Bertz CT molecular complexity index is 641. The first kappa shape index (κ1) is 11.7. The molecule has 2 N–H and O–H groups in total. The van der Waals surface area contributed by atoms with Gasteiger partial charge in [0.2, 0.25) is 5.96 Å². The van der Waals surface area contributed by atoms with E-state index >= 15 is 0 Å². The van der Waals surface area contributed by atoms with Crippen molar-refractivity contribution in [1.82, 2.24) is 4.72 Å². The highest BCUT2D eigenvalue weighted by molar-refractivity contribution is 7.92. The maximum atomic E-state index is 12.1. The van der Waals surface area contributed by atoms with Crippen molar-refractivity contribution in [1.29, 1.82) is 0 Å². The summed E-state index contributed by atoms with van der Waals surface area (Å²) in [7, 11) is -3.43. The van der Waals surface area contributed by atoms with Crippen molar-refractivity contribution >= 4 is 33.0 Å². The molecule has 1 aliphatic heterocycles. The van der Waals surface area contributed by atoms with Gasteiger partial charge < -0.3 is 5.32 Å². The van der Waals surface area contributed by atoms with E-state index < -0.39 is 10.0 Å². The number of nitrogens with zero attached hydrogens (tertiary/aromatic N) is 1. The number of thiophene rings is 1. The van der Waals surface area contributed by atoms with E-state index in [1.165, 1.54) is 30.6 Å². The predicted molar refractivity (Wildman–Crippen MR) is 74.9 cm³/mol. The molecule has 2 heterocycles. The molecular formula is C12H15N3O2S2. The summed E-state index contributed by atoms with van der Waals surface area (Å²) in [4.78, 5) is 4.61. The fourth-order valence-corrected chi connectivity index (χ4v) is 5.53. The van der Waals surface area contributed by atoms with E-state index in [1.807, 2.05) is 0 Å². The van der Waals surface area contributed by atoms with E-state index in [4.69, 9.17) is 0 Å². The fourth-order valence-electron chi connectivity index (χ4n) is 3.30. The van der Waals surface area contributed by atoms with Crippen LogP contribution in [0.25, 0.3) is 0 Å². The largest absolute Gasteiger partial charge is 0.324 e. The number of sulfonamides is 1. The molecule has 19 heavy (non-hydrogen) atoms. The van der Waals surface area contributed by atoms with Gasteiger partial charge in [-0.05, 0) is 49.0 Å². The maximum absolute atomic E-state index is 12.1. The van der Waals surface area contributed by atoms with Crippen molar-refractivity contribution in [3.8, 4) is 0 Å². The summed E-state index contributed by atoms with van der Waals surface area (Å²) < 4.78 is 27.0. The standard InChI is InChI=1S/C12H15N3O2S2/c16-19(17)11-10(3-4-18-11)14-12(15-19)13-9-2-1-7-5-8(9)6-7/h3-4,7-9H,1-2,5-6H2,(H2,13,14,15).